The molecule has 0 fully saturated rings. The lowest BCUT2D eigenvalue weighted by molar-refractivity contribution is -0.109. The molecule has 6 N–H and O–H groups in total. The summed E-state index contributed by atoms with van der Waals surface area (Å²) in [5.74, 6) is 0. The summed E-state index contributed by atoms with van der Waals surface area (Å²) in [6.45, 7) is 0. The number of benzene rings is 2. The highest BCUT2D eigenvalue weighted by Crippen LogP contribution is 2.23. The summed E-state index contributed by atoms with van der Waals surface area (Å²) < 4.78 is 1.23. The van der Waals surface area contributed by atoms with E-state index in [1.54, 1.807) is 48.5 Å². The Morgan fingerprint density at radius 1 is 1.00 bits per heavy atom. The van der Waals surface area contributed by atoms with Gasteiger partial charge >= 0.3 is 11.3 Å². The first-order valence-electron chi connectivity index (χ1n) is 7.04. The number of amides is 4. The van der Waals surface area contributed by atoms with Gasteiger partial charge < -0.3 is 11.1 Å². The molecular formula is C15H16N6O3S. The molecule has 0 saturated carbocycles. The van der Waals surface area contributed by atoms with Crippen molar-refractivity contribution >= 4 is 46.7 Å². The van der Waals surface area contributed by atoms with E-state index in [0.29, 0.717) is 23.5 Å². The van der Waals surface area contributed by atoms with Crippen molar-refractivity contribution < 1.29 is 14.4 Å². The van der Waals surface area contributed by atoms with E-state index in [2.05, 4.69) is 21.6 Å². The lowest BCUT2D eigenvalue weighted by atomic mass is 10.3. The Kier molecular flexibility index (Phi) is 6.48. The van der Waals surface area contributed by atoms with Gasteiger partial charge in [-0.05, 0) is 36.4 Å². The summed E-state index contributed by atoms with van der Waals surface area (Å²) in [5, 5.41) is 2.27. The second-order valence-corrected chi connectivity index (χ2v) is 5.49. The second kappa shape index (κ2) is 9.03. The van der Waals surface area contributed by atoms with Crippen LogP contribution in [0.1, 0.15) is 0 Å². The summed E-state index contributed by atoms with van der Waals surface area (Å²) in [7, 11) is 0. The molecule has 2 aromatic carbocycles. The Morgan fingerprint density at radius 2 is 1.68 bits per heavy atom. The first-order valence-corrected chi connectivity index (χ1v) is 7.81. The van der Waals surface area contributed by atoms with Crippen LogP contribution >= 0.6 is 11.9 Å². The molecule has 4 amide bonds. The van der Waals surface area contributed by atoms with Crippen molar-refractivity contribution in [2.24, 2.45) is 5.73 Å². The summed E-state index contributed by atoms with van der Waals surface area (Å²) in [4.78, 5) is 33.6. The van der Waals surface area contributed by atoms with E-state index in [-0.39, 0.29) is 0 Å². The highest BCUT2D eigenvalue weighted by Gasteiger charge is 2.15. The fourth-order valence-corrected chi connectivity index (χ4v) is 2.47. The van der Waals surface area contributed by atoms with Gasteiger partial charge in [-0.25, -0.2) is 14.6 Å². The number of urea groups is 1. The van der Waals surface area contributed by atoms with E-state index < -0.39 is 11.3 Å². The van der Waals surface area contributed by atoms with Gasteiger partial charge in [-0.1, -0.05) is 18.2 Å². The van der Waals surface area contributed by atoms with Crippen molar-refractivity contribution in [1.29, 1.82) is 0 Å². The molecule has 0 aliphatic heterocycles. The van der Waals surface area contributed by atoms with Gasteiger partial charge in [0.2, 0.25) is 6.41 Å². The number of para-hydroxylation sites is 1. The van der Waals surface area contributed by atoms with Crippen LogP contribution in [0.15, 0.2) is 54.6 Å². The average Bonchev–Trinajstić information content (AvgIpc) is 2.60. The zero-order valence-corrected chi connectivity index (χ0v) is 13.7. The van der Waals surface area contributed by atoms with Crippen molar-refractivity contribution in [3.63, 3.8) is 0 Å². The predicted molar refractivity (Wildman–Crippen MR) is 97.5 cm³/mol. The zero-order valence-electron chi connectivity index (χ0n) is 12.9. The van der Waals surface area contributed by atoms with Crippen LogP contribution in [0.2, 0.25) is 0 Å². The first-order chi connectivity index (χ1) is 12.1. The minimum absolute atomic E-state index is 0.412. The lowest BCUT2D eigenvalue weighted by Crippen LogP contribution is -2.42. The average molecular weight is 360 g/mol. The molecule has 9 nitrogen and oxygen atoms in total. The molecule has 0 spiro atoms. The molecule has 0 saturated heterocycles. The molecule has 25 heavy (non-hydrogen) atoms. The molecule has 0 aliphatic rings. The molecule has 0 radical (unpaired) electrons. The number of nitrogens with two attached hydrogens (primary N) is 1. The van der Waals surface area contributed by atoms with Gasteiger partial charge in [0.25, 0.3) is 0 Å². The first kappa shape index (κ1) is 17.9. The van der Waals surface area contributed by atoms with Crippen LogP contribution in [0.3, 0.4) is 0 Å². The zero-order chi connectivity index (χ0) is 18.1. The van der Waals surface area contributed by atoms with Gasteiger partial charge in [-0.15, -0.1) is 0 Å². The minimum Gasteiger partial charge on any atom is -0.350 e. The Morgan fingerprint density at radius 3 is 2.28 bits per heavy atom. The fraction of sp³-hybridized carbons (Fsp3) is 0. The fourth-order valence-electron chi connectivity index (χ4n) is 1.78. The van der Waals surface area contributed by atoms with Gasteiger partial charge in [0.15, 0.2) is 0 Å². The molecular weight excluding hydrogens is 344 g/mol. The molecule has 0 aromatic heterocycles. The van der Waals surface area contributed by atoms with Crippen LogP contribution in [-0.2, 0) is 4.79 Å². The molecule has 0 atom stereocenters. The molecule has 0 heterocycles. The number of nitrogens with one attached hydrogen (secondary N) is 4. The van der Waals surface area contributed by atoms with E-state index in [9.17, 15) is 14.4 Å². The molecule has 2 aromatic rings. The highest BCUT2D eigenvalue weighted by atomic mass is 32.2. The Bertz CT molecular complexity index is 726. The van der Waals surface area contributed by atoms with Crippen LogP contribution < -0.4 is 31.7 Å². The van der Waals surface area contributed by atoms with E-state index in [1.165, 1.54) is 4.41 Å². The number of nitrogens with zero attached hydrogens (tertiary/aromatic N) is 1. The molecule has 10 heteroatoms. The number of rotatable bonds is 7. The number of hydrazine groups is 2. The molecule has 0 bridgehead atoms. The smallest absolute Gasteiger partial charge is 0.331 e. The van der Waals surface area contributed by atoms with E-state index in [1.807, 2.05) is 6.07 Å². The van der Waals surface area contributed by atoms with Gasteiger partial charge in [0.05, 0.1) is 23.3 Å². The van der Waals surface area contributed by atoms with Gasteiger partial charge in [-0.2, -0.15) is 0 Å². The normalized spacial score (nSPS) is 9.60. The van der Waals surface area contributed by atoms with Crippen molar-refractivity contribution in [3.8, 4) is 0 Å². The number of hydrogen-bond donors (Lipinski definition) is 5. The van der Waals surface area contributed by atoms with Crippen LogP contribution in [0, 0.1) is 0 Å². The van der Waals surface area contributed by atoms with Gasteiger partial charge in [0, 0.05) is 5.69 Å². The van der Waals surface area contributed by atoms with Gasteiger partial charge in [0.1, 0.15) is 0 Å². The summed E-state index contributed by atoms with van der Waals surface area (Å²) in [5.41, 5.74) is 14.2. The van der Waals surface area contributed by atoms with Crippen molar-refractivity contribution in [1.82, 2.24) is 10.9 Å². The predicted octanol–water partition coefficient (Wildman–Crippen LogP) is 2.03. The van der Waals surface area contributed by atoms with E-state index in [0.717, 1.165) is 11.9 Å². The second-order valence-electron chi connectivity index (χ2n) is 4.57. The quantitative estimate of drug-likeness (QED) is 0.292. The van der Waals surface area contributed by atoms with Crippen molar-refractivity contribution in [2.75, 3.05) is 15.2 Å². The number of primary amides is 1. The summed E-state index contributed by atoms with van der Waals surface area (Å²) >= 11 is 0.724. The third kappa shape index (κ3) is 5.95. The van der Waals surface area contributed by atoms with Crippen LogP contribution in [0.4, 0.5) is 26.7 Å². The highest BCUT2D eigenvalue weighted by molar-refractivity contribution is 8.15. The van der Waals surface area contributed by atoms with Crippen molar-refractivity contribution in [2.45, 2.75) is 0 Å². The summed E-state index contributed by atoms with van der Waals surface area (Å²) in [6.07, 6.45) is 0.499. The Balaban J connectivity index is 2.06. The topological polar surface area (TPSA) is 129 Å². The summed E-state index contributed by atoms with van der Waals surface area (Å²) in [6, 6.07) is 14.6. The number of hydrogen-bond acceptors (Lipinski definition) is 6. The maximum Gasteiger partial charge on any atom is 0.331 e. The third-order valence-electron chi connectivity index (χ3n) is 2.78. The third-order valence-corrected chi connectivity index (χ3v) is 3.54. The maximum absolute atomic E-state index is 12.1. The minimum atomic E-state index is -0.815. The monoisotopic (exact) mass is 360 g/mol. The molecule has 0 aliphatic carbocycles. The number of carbonyl (C=O) groups excluding carboxylic acids is 3. The Labute approximate surface area is 148 Å². The largest absolute Gasteiger partial charge is 0.350 e. The van der Waals surface area contributed by atoms with Crippen LogP contribution in [0.5, 0.6) is 0 Å². The standard InChI is InChI=1S/C15H16N6O3S/c16-14(23)20-21(13-8-6-12(7-9-13)19-17-10-22)25-15(24)18-11-4-2-1-3-5-11/h1-10,19H,(H,17,22)(H,18,24)(H3,16,20,23). The van der Waals surface area contributed by atoms with Crippen molar-refractivity contribution in [3.05, 3.63) is 54.6 Å². The molecule has 130 valence electrons. The number of carbonyl (C=O) groups is 3. The lowest BCUT2D eigenvalue weighted by Gasteiger charge is -2.22. The Hall–Kier alpha value is -3.40. The van der Waals surface area contributed by atoms with Crippen LogP contribution in [0.25, 0.3) is 0 Å². The van der Waals surface area contributed by atoms with Gasteiger partial charge in [-0.3, -0.25) is 20.4 Å². The SMILES string of the molecule is NC(=O)NN(SC(=O)Nc1ccccc1)c1ccc(NNC=O)cc1. The molecule has 2 rings (SSSR count). The maximum atomic E-state index is 12.1. The van der Waals surface area contributed by atoms with E-state index >= 15 is 0 Å². The van der Waals surface area contributed by atoms with E-state index in [4.69, 9.17) is 5.73 Å². The molecule has 0 unspecified atom stereocenters. The van der Waals surface area contributed by atoms with Crippen LogP contribution in [-0.4, -0.2) is 17.7 Å². The number of anilines is 3.